The first kappa shape index (κ1) is 11.7. The average Bonchev–Trinajstić information content (AvgIpc) is 2.15. The van der Waals surface area contributed by atoms with Gasteiger partial charge >= 0.3 is 6.18 Å². The predicted octanol–water partition coefficient (Wildman–Crippen LogP) is 4.23. The number of hydrogen-bond acceptors (Lipinski definition) is 2. The molecular weight excluding hydrogens is 207 g/mol. The molecule has 0 amide bonds. The monoisotopic (exact) mass is 217 g/mol. The van der Waals surface area contributed by atoms with Crippen molar-refractivity contribution in [3.05, 3.63) is 34.2 Å². The second-order valence-corrected chi connectivity index (χ2v) is 3.56. The van der Waals surface area contributed by atoms with E-state index in [0.29, 0.717) is 5.56 Å². The minimum Gasteiger partial charge on any atom is -0.166 e. The Bertz CT molecular complexity index is 371. The summed E-state index contributed by atoms with van der Waals surface area (Å²) in [6.07, 6.45) is -4.44. The minimum atomic E-state index is -4.44. The molecule has 5 heteroatoms. The summed E-state index contributed by atoms with van der Waals surface area (Å²) in [5.74, 6) is -0.0761. The lowest BCUT2D eigenvalue weighted by Crippen LogP contribution is -2.05. The van der Waals surface area contributed by atoms with E-state index in [0.717, 1.165) is 12.1 Å². The topological polar surface area (TPSA) is 29.4 Å². The third-order valence-electron chi connectivity index (χ3n) is 2.04. The molecule has 0 aliphatic rings. The third kappa shape index (κ3) is 2.78. The molecule has 0 spiro atoms. The fourth-order valence-electron chi connectivity index (χ4n) is 1.18. The van der Waals surface area contributed by atoms with Crippen molar-refractivity contribution < 1.29 is 13.2 Å². The van der Waals surface area contributed by atoms with E-state index in [1.165, 1.54) is 6.07 Å². The Kier molecular flexibility index (Phi) is 3.12. The molecule has 1 rings (SSSR count). The van der Waals surface area contributed by atoms with Gasteiger partial charge in [0.25, 0.3) is 0 Å². The van der Waals surface area contributed by atoms with Gasteiger partial charge in [-0.05, 0) is 34.9 Å². The number of rotatable bonds is 2. The first-order chi connectivity index (χ1) is 6.84. The fraction of sp³-hybridized carbons (Fsp3) is 0.400. The zero-order chi connectivity index (χ0) is 11.6. The summed E-state index contributed by atoms with van der Waals surface area (Å²) < 4.78 is 37.2. The normalized spacial score (nSPS) is 11.9. The summed E-state index contributed by atoms with van der Waals surface area (Å²) >= 11 is 0. The number of hydrogen-bond donors (Lipinski definition) is 0. The maximum Gasteiger partial charge on any atom is 0.416 e. The van der Waals surface area contributed by atoms with E-state index in [4.69, 9.17) is 0 Å². The molecule has 0 fully saturated rings. The summed E-state index contributed by atoms with van der Waals surface area (Å²) in [5, 5.41) is 2.54. The molecule has 0 bridgehead atoms. The van der Waals surface area contributed by atoms with Crippen LogP contribution in [0.2, 0.25) is 0 Å². The number of alkyl halides is 3. The lowest BCUT2D eigenvalue weighted by Gasteiger charge is -2.11. The molecule has 0 heterocycles. The lowest BCUT2D eigenvalue weighted by molar-refractivity contribution is -0.137. The highest BCUT2D eigenvalue weighted by molar-refractivity contribution is 5.45. The Labute approximate surface area is 85.1 Å². The van der Waals surface area contributed by atoms with Crippen molar-refractivity contribution in [1.29, 1.82) is 0 Å². The van der Waals surface area contributed by atoms with E-state index in [1.807, 2.05) is 0 Å². The Morgan fingerprint density at radius 3 is 2.20 bits per heavy atom. The molecule has 15 heavy (non-hydrogen) atoms. The van der Waals surface area contributed by atoms with Crippen LogP contribution in [0.4, 0.5) is 18.9 Å². The van der Waals surface area contributed by atoms with Crippen molar-refractivity contribution in [2.75, 3.05) is 0 Å². The van der Waals surface area contributed by atoms with Crippen LogP contribution >= 0.6 is 0 Å². The van der Waals surface area contributed by atoms with Crippen LogP contribution in [0, 0.1) is 4.91 Å². The van der Waals surface area contributed by atoms with Crippen LogP contribution in [-0.4, -0.2) is 0 Å². The van der Waals surface area contributed by atoms with Crippen LogP contribution in [0.25, 0.3) is 0 Å². The van der Waals surface area contributed by atoms with Gasteiger partial charge in [-0.25, -0.2) is 0 Å². The maximum absolute atomic E-state index is 12.4. The van der Waals surface area contributed by atoms with Crippen molar-refractivity contribution >= 4 is 5.69 Å². The van der Waals surface area contributed by atoms with Crippen molar-refractivity contribution in [2.45, 2.75) is 25.9 Å². The Morgan fingerprint density at radius 1 is 1.20 bits per heavy atom. The van der Waals surface area contributed by atoms with Crippen molar-refractivity contribution in [3.8, 4) is 0 Å². The average molecular weight is 217 g/mol. The van der Waals surface area contributed by atoms with Crippen LogP contribution in [0.3, 0.4) is 0 Å². The van der Waals surface area contributed by atoms with Crippen LogP contribution < -0.4 is 0 Å². The molecule has 0 radical (unpaired) electrons. The van der Waals surface area contributed by atoms with E-state index in [9.17, 15) is 18.1 Å². The molecule has 0 N–H and O–H groups in total. The van der Waals surface area contributed by atoms with Gasteiger partial charge in [-0.15, -0.1) is 4.91 Å². The molecule has 0 aliphatic carbocycles. The van der Waals surface area contributed by atoms with E-state index in [-0.39, 0.29) is 11.6 Å². The van der Waals surface area contributed by atoms with Gasteiger partial charge in [-0.2, -0.15) is 13.2 Å². The molecule has 0 saturated heterocycles. The summed E-state index contributed by atoms with van der Waals surface area (Å²) in [6, 6.07) is 3.16. The van der Waals surface area contributed by atoms with Crippen molar-refractivity contribution in [1.82, 2.24) is 0 Å². The van der Waals surface area contributed by atoms with Crippen molar-refractivity contribution in [2.24, 2.45) is 5.18 Å². The Balaban J connectivity index is 3.29. The molecule has 1 aromatic carbocycles. The van der Waals surface area contributed by atoms with Gasteiger partial charge in [-0.1, -0.05) is 13.8 Å². The largest absolute Gasteiger partial charge is 0.416 e. The highest BCUT2D eigenvalue weighted by atomic mass is 19.4. The predicted molar refractivity (Wildman–Crippen MR) is 51.0 cm³/mol. The third-order valence-corrected chi connectivity index (χ3v) is 2.04. The van der Waals surface area contributed by atoms with Crippen LogP contribution in [-0.2, 0) is 6.18 Å². The summed E-state index contributed by atoms with van der Waals surface area (Å²) in [7, 11) is 0. The Morgan fingerprint density at radius 2 is 1.80 bits per heavy atom. The summed E-state index contributed by atoms with van der Waals surface area (Å²) in [6.45, 7) is 3.51. The smallest absolute Gasteiger partial charge is 0.166 e. The van der Waals surface area contributed by atoms with Gasteiger partial charge in [0.15, 0.2) is 0 Å². The number of halogens is 3. The second kappa shape index (κ2) is 4.00. The number of benzene rings is 1. The zero-order valence-corrected chi connectivity index (χ0v) is 8.30. The molecule has 0 unspecified atom stereocenters. The van der Waals surface area contributed by atoms with Crippen LogP contribution in [0.5, 0.6) is 0 Å². The Hall–Kier alpha value is -1.39. The van der Waals surface area contributed by atoms with Crippen LogP contribution in [0.1, 0.15) is 30.9 Å². The SMILES string of the molecule is CC(C)c1cc(N=O)cc(C(F)(F)F)c1. The summed E-state index contributed by atoms with van der Waals surface area (Å²) in [4.78, 5) is 10.2. The first-order valence-corrected chi connectivity index (χ1v) is 4.40. The van der Waals surface area contributed by atoms with Crippen molar-refractivity contribution in [3.63, 3.8) is 0 Å². The fourth-order valence-corrected chi connectivity index (χ4v) is 1.18. The maximum atomic E-state index is 12.4. The highest BCUT2D eigenvalue weighted by Crippen LogP contribution is 2.34. The molecular formula is C10H10F3NO. The molecule has 0 saturated carbocycles. The van der Waals surface area contributed by atoms with Gasteiger partial charge in [0.2, 0.25) is 0 Å². The van der Waals surface area contributed by atoms with E-state index in [2.05, 4.69) is 5.18 Å². The quantitative estimate of drug-likeness (QED) is 0.681. The van der Waals surface area contributed by atoms with E-state index in [1.54, 1.807) is 13.8 Å². The van der Waals surface area contributed by atoms with Gasteiger partial charge in [0, 0.05) is 0 Å². The molecule has 0 aromatic heterocycles. The standard InChI is InChI=1S/C10H10F3NO/c1-6(2)7-3-8(10(11,12)13)5-9(4-7)14-15/h3-6H,1-2H3. The molecule has 0 atom stereocenters. The van der Waals surface area contributed by atoms with Gasteiger partial charge in [0.1, 0.15) is 5.69 Å². The number of nitrogens with zero attached hydrogens (tertiary/aromatic N) is 1. The highest BCUT2D eigenvalue weighted by Gasteiger charge is 2.31. The van der Waals surface area contributed by atoms with E-state index < -0.39 is 11.7 Å². The van der Waals surface area contributed by atoms with E-state index >= 15 is 0 Å². The molecule has 0 aliphatic heterocycles. The lowest BCUT2D eigenvalue weighted by atomic mass is 10.00. The number of nitroso groups, excluding NO2 is 1. The van der Waals surface area contributed by atoms with Gasteiger partial charge in [0.05, 0.1) is 5.56 Å². The van der Waals surface area contributed by atoms with Gasteiger partial charge in [-0.3, -0.25) is 0 Å². The molecule has 2 nitrogen and oxygen atoms in total. The van der Waals surface area contributed by atoms with Gasteiger partial charge < -0.3 is 0 Å². The second-order valence-electron chi connectivity index (χ2n) is 3.56. The summed E-state index contributed by atoms with van der Waals surface area (Å²) in [5.41, 5.74) is -0.559. The first-order valence-electron chi connectivity index (χ1n) is 4.40. The van der Waals surface area contributed by atoms with Crippen LogP contribution in [0.15, 0.2) is 23.4 Å². The molecule has 1 aromatic rings. The minimum absolute atomic E-state index is 0.0761. The molecule has 82 valence electrons. The zero-order valence-electron chi connectivity index (χ0n) is 8.30.